The van der Waals surface area contributed by atoms with Crippen LogP contribution in [0.4, 0.5) is 4.39 Å². The number of aryl methyl sites for hydroxylation is 1. The smallest absolute Gasteiger partial charge is 0.148 e. The van der Waals surface area contributed by atoms with Crippen LogP contribution in [0.5, 0.6) is 0 Å². The lowest BCUT2D eigenvalue weighted by Crippen LogP contribution is -2.13. The van der Waals surface area contributed by atoms with E-state index < -0.39 is 6.30 Å². The number of halogens is 1. The fraction of sp³-hybridized carbons (Fsp3) is 0.571. The van der Waals surface area contributed by atoms with Crippen LogP contribution in [-0.2, 0) is 11.8 Å². The van der Waals surface area contributed by atoms with Gasteiger partial charge in [-0.1, -0.05) is 45.0 Å². The predicted octanol–water partition coefficient (Wildman–Crippen LogP) is 3.56. The van der Waals surface area contributed by atoms with Crippen LogP contribution in [0.2, 0.25) is 0 Å². The molecule has 2 N–H and O–H groups in total. The van der Waals surface area contributed by atoms with E-state index in [1.54, 1.807) is 0 Å². The van der Waals surface area contributed by atoms with E-state index in [1.807, 2.05) is 0 Å². The molecule has 0 radical (unpaired) electrons. The van der Waals surface area contributed by atoms with Crippen LogP contribution in [0.25, 0.3) is 0 Å². The van der Waals surface area contributed by atoms with Gasteiger partial charge >= 0.3 is 0 Å². The largest absolute Gasteiger partial charge is 0.302 e. The summed E-state index contributed by atoms with van der Waals surface area (Å²) < 4.78 is 12.5. The molecule has 1 aromatic carbocycles. The second kappa shape index (κ2) is 5.44. The van der Waals surface area contributed by atoms with Crippen molar-refractivity contribution in [3.8, 4) is 0 Å². The lowest BCUT2D eigenvalue weighted by atomic mass is 9.86. The van der Waals surface area contributed by atoms with Crippen molar-refractivity contribution in [1.82, 2.24) is 0 Å². The van der Waals surface area contributed by atoms with Crippen molar-refractivity contribution in [3.63, 3.8) is 0 Å². The highest BCUT2D eigenvalue weighted by Gasteiger charge is 2.13. The van der Waals surface area contributed by atoms with Gasteiger partial charge < -0.3 is 5.73 Å². The van der Waals surface area contributed by atoms with Crippen molar-refractivity contribution >= 4 is 0 Å². The van der Waals surface area contributed by atoms with Crippen molar-refractivity contribution in [2.75, 3.05) is 0 Å². The fourth-order valence-electron chi connectivity index (χ4n) is 1.69. The number of nitrogens with two attached hydrogens (primary N) is 1. The summed E-state index contributed by atoms with van der Waals surface area (Å²) in [5, 5.41) is 0. The van der Waals surface area contributed by atoms with Crippen molar-refractivity contribution in [1.29, 1.82) is 0 Å². The summed E-state index contributed by atoms with van der Waals surface area (Å²) in [7, 11) is 0. The summed E-state index contributed by atoms with van der Waals surface area (Å²) >= 11 is 0. The Hall–Kier alpha value is -0.890. The molecule has 1 unspecified atom stereocenters. The fourth-order valence-corrected chi connectivity index (χ4v) is 1.69. The van der Waals surface area contributed by atoms with Crippen molar-refractivity contribution < 1.29 is 4.39 Å². The Morgan fingerprint density at radius 3 is 2.56 bits per heavy atom. The van der Waals surface area contributed by atoms with Gasteiger partial charge in [-0.2, -0.15) is 0 Å². The van der Waals surface area contributed by atoms with Gasteiger partial charge in [0.1, 0.15) is 6.30 Å². The molecule has 0 fully saturated rings. The Morgan fingerprint density at radius 1 is 1.31 bits per heavy atom. The van der Waals surface area contributed by atoms with Crippen LogP contribution >= 0.6 is 0 Å². The molecule has 0 bridgehead atoms. The summed E-state index contributed by atoms with van der Waals surface area (Å²) in [6.07, 6.45) is 0.984. The Balaban J connectivity index is 2.61. The average Bonchev–Trinajstić information content (AvgIpc) is 2.16. The second-order valence-corrected chi connectivity index (χ2v) is 5.36. The normalized spacial score (nSPS) is 13.8. The SMILES string of the molecule is CC(C)(C)c1cccc(CCCC(N)F)c1. The molecule has 0 aliphatic rings. The highest BCUT2D eigenvalue weighted by atomic mass is 19.1. The van der Waals surface area contributed by atoms with E-state index in [0.29, 0.717) is 6.42 Å². The molecule has 1 aromatic rings. The zero-order valence-corrected chi connectivity index (χ0v) is 10.5. The van der Waals surface area contributed by atoms with E-state index in [1.165, 1.54) is 11.1 Å². The summed E-state index contributed by atoms with van der Waals surface area (Å²) in [6, 6.07) is 8.53. The Kier molecular flexibility index (Phi) is 4.48. The molecule has 0 aliphatic heterocycles. The monoisotopic (exact) mass is 223 g/mol. The molecule has 1 nitrogen and oxygen atoms in total. The number of hydrogen-bond donors (Lipinski definition) is 1. The third-order valence-electron chi connectivity index (χ3n) is 2.74. The highest BCUT2D eigenvalue weighted by molar-refractivity contribution is 5.28. The van der Waals surface area contributed by atoms with Gasteiger partial charge in [0.15, 0.2) is 0 Å². The van der Waals surface area contributed by atoms with E-state index >= 15 is 0 Å². The first-order chi connectivity index (χ1) is 7.39. The standard InChI is InChI=1S/C14H22FN/c1-14(2,3)12-8-4-6-11(10-12)7-5-9-13(15)16/h4,6,8,10,13H,5,7,9,16H2,1-3H3. The van der Waals surface area contributed by atoms with Crippen LogP contribution in [0.3, 0.4) is 0 Å². The maximum absolute atomic E-state index is 12.5. The molecule has 16 heavy (non-hydrogen) atoms. The van der Waals surface area contributed by atoms with Crippen LogP contribution in [0.1, 0.15) is 44.7 Å². The zero-order valence-electron chi connectivity index (χ0n) is 10.5. The molecular formula is C14H22FN. The topological polar surface area (TPSA) is 26.0 Å². The summed E-state index contributed by atoms with van der Waals surface area (Å²) in [5.41, 5.74) is 7.86. The van der Waals surface area contributed by atoms with E-state index in [2.05, 4.69) is 45.0 Å². The van der Waals surface area contributed by atoms with Crippen LogP contribution < -0.4 is 5.73 Å². The van der Waals surface area contributed by atoms with Gasteiger partial charge in [-0.05, 0) is 35.8 Å². The van der Waals surface area contributed by atoms with Crippen molar-refractivity contribution in [2.24, 2.45) is 5.73 Å². The molecule has 0 aromatic heterocycles. The number of rotatable bonds is 4. The second-order valence-electron chi connectivity index (χ2n) is 5.36. The Morgan fingerprint density at radius 2 is 2.00 bits per heavy atom. The quantitative estimate of drug-likeness (QED) is 0.776. The van der Waals surface area contributed by atoms with Gasteiger partial charge in [0.05, 0.1) is 0 Å². The lowest BCUT2D eigenvalue weighted by Gasteiger charge is -2.19. The summed E-state index contributed by atoms with van der Waals surface area (Å²) in [5.74, 6) is 0. The van der Waals surface area contributed by atoms with E-state index in [-0.39, 0.29) is 5.41 Å². The predicted molar refractivity (Wildman–Crippen MR) is 67.2 cm³/mol. The van der Waals surface area contributed by atoms with E-state index in [4.69, 9.17) is 5.73 Å². The summed E-state index contributed by atoms with van der Waals surface area (Å²) in [6.45, 7) is 6.59. The van der Waals surface area contributed by atoms with Crippen LogP contribution in [0.15, 0.2) is 24.3 Å². The minimum absolute atomic E-state index is 0.173. The third kappa shape index (κ3) is 4.31. The number of benzene rings is 1. The lowest BCUT2D eigenvalue weighted by molar-refractivity contribution is 0.318. The third-order valence-corrected chi connectivity index (χ3v) is 2.74. The molecule has 1 atom stereocenters. The van der Waals surface area contributed by atoms with Gasteiger partial charge in [0.25, 0.3) is 0 Å². The van der Waals surface area contributed by atoms with Gasteiger partial charge in [-0.25, -0.2) is 4.39 Å². The van der Waals surface area contributed by atoms with Gasteiger partial charge in [-0.15, -0.1) is 0 Å². The van der Waals surface area contributed by atoms with E-state index in [9.17, 15) is 4.39 Å². The van der Waals surface area contributed by atoms with Crippen LogP contribution in [-0.4, -0.2) is 6.30 Å². The maximum atomic E-state index is 12.5. The molecule has 0 saturated heterocycles. The molecule has 0 saturated carbocycles. The highest BCUT2D eigenvalue weighted by Crippen LogP contribution is 2.23. The number of hydrogen-bond acceptors (Lipinski definition) is 1. The summed E-state index contributed by atoms with van der Waals surface area (Å²) in [4.78, 5) is 0. The maximum Gasteiger partial charge on any atom is 0.148 e. The molecule has 90 valence electrons. The molecule has 1 rings (SSSR count). The van der Waals surface area contributed by atoms with Crippen LogP contribution in [0, 0.1) is 0 Å². The molecule has 0 aliphatic carbocycles. The molecule has 0 heterocycles. The minimum atomic E-state index is -1.18. The first-order valence-corrected chi connectivity index (χ1v) is 5.88. The van der Waals surface area contributed by atoms with Crippen molar-refractivity contribution in [3.05, 3.63) is 35.4 Å². The average molecular weight is 223 g/mol. The zero-order chi connectivity index (χ0) is 12.2. The van der Waals surface area contributed by atoms with Crippen molar-refractivity contribution in [2.45, 2.75) is 51.7 Å². The molecular weight excluding hydrogens is 201 g/mol. The first kappa shape index (κ1) is 13.2. The van der Waals surface area contributed by atoms with Gasteiger partial charge in [0, 0.05) is 0 Å². The van der Waals surface area contributed by atoms with Gasteiger partial charge in [-0.3, -0.25) is 0 Å². The Bertz CT molecular complexity index is 326. The molecule has 0 spiro atoms. The number of alkyl halides is 1. The minimum Gasteiger partial charge on any atom is -0.302 e. The Labute approximate surface area is 97.9 Å². The van der Waals surface area contributed by atoms with Gasteiger partial charge in [0.2, 0.25) is 0 Å². The van der Waals surface area contributed by atoms with E-state index in [0.717, 1.165) is 12.8 Å². The molecule has 2 heteroatoms. The first-order valence-electron chi connectivity index (χ1n) is 5.88. The molecule has 0 amide bonds.